The van der Waals surface area contributed by atoms with Crippen molar-refractivity contribution in [3.8, 4) is 5.75 Å². The number of benzene rings is 1. The molecule has 0 fully saturated rings. The molecule has 0 aliphatic rings. The maximum atomic E-state index is 8.83. The molecule has 1 aromatic rings. The van der Waals surface area contributed by atoms with E-state index in [1.54, 1.807) is 0 Å². The molecule has 1 rings (SSSR count). The normalized spacial score (nSPS) is 12.4. The fourth-order valence-corrected chi connectivity index (χ4v) is 1.83. The third-order valence-electron chi connectivity index (χ3n) is 3.16. The summed E-state index contributed by atoms with van der Waals surface area (Å²) in [5.74, 6) is 0.947. The number of unbranched alkanes of at least 4 members (excludes halogenated alkanes) is 2. The van der Waals surface area contributed by atoms with E-state index in [4.69, 9.17) is 9.84 Å². The van der Waals surface area contributed by atoms with Crippen LogP contribution in [0.1, 0.15) is 45.1 Å². The molecule has 19 heavy (non-hydrogen) atoms. The Bertz CT molecular complexity index is 324. The van der Waals surface area contributed by atoms with Crippen LogP contribution < -0.4 is 10.1 Å². The third-order valence-corrected chi connectivity index (χ3v) is 3.16. The molecule has 3 nitrogen and oxygen atoms in total. The molecular formula is C16H27NO2. The standard InChI is InChI=1S/C16H27NO2/c1-3-4-5-12-19-16-8-6-15(7-9-16)13-17-14(2)10-11-18/h6-9,14,17-18H,3-5,10-13H2,1-2H3. The van der Waals surface area contributed by atoms with Gasteiger partial charge in [-0.15, -0.1) is 0 Å². The highest BCUT2D eigenvalue weighted by atomic mass is 16.5. The van der Waals surface area contributed by atoms with Crippen molar-refractivity contribution >= 4 is 0 Å². The average molecular weight is 265 g/mol. The molecule has 0 saturated heterocycles. The van der Waals surface area contributed by atoms with Crippen LogP contribution in [0.25, 0.3) is 0 Å². The van der Waals surface area contributed by atoms with Crippen molar-refractivity contribution < 1.29 is 9.84 Å². The SMILES string of the molecule is CCCCCOc1ccc(CNC(C)CCO)cc1. The molecule has 0 radical (unpaired) electrons. The molecule has 0 amide bonds. The van der Waals surface area contributed by atoms with Crippen molar-refractivity contribution in [2.24, 2.45) is 0 Å². The van der Waals surface area contributed by atoms with E-state index in [0.717, 1.165) is 31.7 Å². The Morgan fingerprint density at radius 2 is 1.95 bits per heavy atom. The topological polar surface area (TPSA) is 41.5 Å². The van der Waals surface area contributed by atoms with Gasteiger partial charge in [-0.05, 0) is 37.5 Å². The molecule has 1 unspecified atom stereocenters. The second-order valence-corrected chi connectivity index (χ2v) is 4.99. The fraction of sp³-hybridized carbons (Fsp3) is 0.625. The third kappa shape index (κ3) is 7.19. The first-order valence-corrected chi connectivity index (χ1v) is 7.32. The highest BCUT2D eigenvalue weighted by Gasteiger charge is 2.01. The highest BCUT2D eigenvalue weighted by molar-refractivity contribution is 5.27. The number of ether oxygens (including phenoxy) is 1. The van der Waals surface area contributed by atoms with Crippen molar-refractivity contribution in [3.05, 3.63) is 29.8 Å². The summed E-state index contributed by atoms with van der Waals surface area (Å²) in [5, 5.41) is 12.2. The summed E-state index contributed by atoms with van der Waals surface area (Å²) in [6, 6.07) is 8.58. The summed E-state index contributed by atoms with van der Waals surface area (Å²) in [6.07, 6.45) is 4.36. The van der Waals surface area contributed by atoms with Crippen molar-refractivity contribution in [2.75, 3.05) is 13.2 Å². The second-order valence-electron chi connectivity index (χ2n) is 4.99. The zero-order valence-corrected chi connectivity index (χ0v) is 12.2. The van der Waals surface area contributed by atoms with Gasteiger partial charge in [-0.25, -0.2) is 0 Å². The average Bonchev–Trinajstić information content (AvgIpc) is 2.43. The van der Waals surface area contributed by atoms with Crippen LogP contribution in [-0.2, 0) is 6.54 Å². The van der Waals surface area contributed by atoms with Gasteiger partial charge in [0.25, 0.3) is 0 Å². The summed E-state index contributed by atoms with van der Waals surface area (Å²) in [5.41, 5.74) is 1.24. The van der Waals surface area contributed by atoms with E-state index in [9.17, 15) is 0 Å². The van der Waals surface area contributed by atoms with Crippen molar-refractivity contribution in [1.82, 2.24) is 5.32 Å². The minimum absolute atomic E-state index is 0.235. The van der Waals surface area contributed by atoms with Crippen LogP contribution in [0.5, 0.6) is 5.75 Å². The molecule has 0 heterocycles. The Morgan fingerprint density at radius 3 is 2.58 bits per heavy atom. The van der Waals surface area contributed by atoms with E-state index >= 15 is 0 Å². The minimum atomic E-state index is 0.235. The molecule has 3 heteroatoms. The van der Waals surface area contributed by atoms with Crippen LogP contribution in [0.4, 0.5) is 0 Å². The van der Waals surface area contributed by atoms with Crippen molar-refractivity contribution in [3.63, 3.8) is 0 Å². The summed E-state index contributed by atoms with van der Waals surface area (Å²) in [4.78, 5) is 0. The van der Waals surface area contributed by atoms with Crippen LogP contribution in [0.2, 0.25) is 0 Å². The molecule has 2 N–H and O–H groups in total. The first-order chi connectivity index (χ1) is 9.26. The Kier molecular flexibility index (Phi) is 8.26. The Balaban J connectivity index is 2.27. The van der Waals surface area contributed by atoms with E-state index in [2.05, 4.69) is 31.3 Å². The molecular weight excluding hydrogens is 238 g/mol. The maximum Gasteiger partial charge on any atom is 0.119 e. The van der Waals surface area contributed by atoms with Gasteiger partial charge in [0.2, 0.25) is 0 Å². The van der Waals surface area contributed by atoms with Gasteiger partial charge in [-0.1, -0.05) is 31.9 Å². The largest absolute Gasteiger partial charge is 0.494 e. The zero-order valence-electron chi connectivity index (χ0n) is 12.2. The van der Waals surface area contributed by atoms with Gasteiger partial charge in [-0.3, -0.25) is 0 Å². The lowest BCUT2D eigenvalue weighted by Gasteiger charge is -2.12. The molecule has 0 aliphatic heterocycles. The minimum Gasteiger partial charge on any atom is -0.494 e. The quantitative estimate of drug-likeness (QED) is 0.639. The molecule has 0 aliphatic carbocycles. The van der Waals surface area contributed by atoms with E-state index < -0.39 is 0 Å². The van der Waals surface area contributed by atoms with Gasteiger partial charge < -0.3 is 15.2 Å². The maximum absolute atomic E-state index is 8.83. The molecule has 0 spiro atoms. The van der Waals surface area contributed by atoms with Gasteiger partial charge in [0.1, 0.15) is 5.75 Å². The Morgan fingerprint density at radius 1 is 1.21 bits per heavy atom. The van der Waals surface area contributed by atoms with Crippen LogP contribution in [0, 0.1) is 0 Å². The number of aliphatic hydroxyl groups is 1. The first kappa shape index (κ1) is 16.0. The molecule has 0 bridgehead atoms. The number of aliphatic hydroxyl groups excluding tert-OH is 1. The number of hydrogen-bond donors (Lipinski definition) is 2. The van der Waals surface area contributed by atoms with E-state index in [1.165, 1.54) is 18.4 Å². The second kappa shape index (κ2) is 9.82. The molecule has 1 atom stereocenters. The van der Waals surface area contributed by atoms with Crippen LogP contribution >= 0.6 is 0 Å². The van der Waals surface area contributed by atoms with Crippen LogP contribution in [-0.4, -0.2) is 24.4 Å². The van der Waals surface area contributed by atoms with Gasteiger partial charge >= 0.3 is 0 Å². The molecule has 108 valence electrons. The monoisotopic (exact) mass is 265 g/mol. The smallest absolute Gasteiger partial charge is 0.119 e. The van der Waals surface area contributed by atoms with E-state index in [0.29, 0.717) is 6.04 Å². The Hall–Kier alpha value is -1.06. The zero-order chi connectivity index (χ0) is 13.9. The summed E-state index contributed by atoms with van der Waals surface area (Å²) in [7, 11) is 0. The summed E-state index contributed by atoms with van der Waals surface area (Å²) >= 11 is 0. The van der Waals surface area contributed by atoms with Gasteiger partial charge in [0.05, 0.1) is 6.61 Å². The first-order valence-electron chi connectivity index (χ1n) is 7.32. The van der Waals surface area contributed by atoms with Crippen LogP contribution in [0.15, 0.2) is 24.3 Å². The van der Waals surface area contributed by atoms with Gasteiger partial charge in [0, 0.05) is 19.2 Å². The van der Waals surface area contributed by atoms with Gasteiger partial charge in [-0.2, -0.15) is 0 Å². The predicted octanol–water partition coefficient (Wildman–Crippen LogP) is 3.12. The molecule has 0 aromatic heterocycles. The number of nitrogens with one attached hydrogen (secondary N) is 1. The number of rotatable bonds is 10. The lowest BCUT2D eigenvalue weighted by molar-refractivity contribution is 0.268. The lowest BCUT2D eigenvalue weighted by atomic mass is 10.2. The summed E-state index contributed by atoms with van der Waals surface area (Å²) < 4.78 is 5.67. The van der Waals surface area contributed by atoms with Gasteiger partial charge in [0.15, 0.2) is 0 Å². The van der Waals surface area contributed by atoms with Crippen molar-refractivity contribution in [1.29, 1.82) is 0 Å². The van der Waals surface area contributed by atoms with E-state index in [1.807, 2.05) is 12.1 Å². The summed E-state index contributed by atoms with van der Waals surface area (Å²) in [6.45, 7) is 6.15. The highest BCUT2D eigenvalue weighted by Crippen LogP contribution is 2.13. The molecule has 1 aromatic carbocycles. The Labute approximate surface area is 117 Å². The van der Waals surface area contributed by atoms with E-state index in [-0.39, 0.29) is 6.61 Å². The predicted molar refractivity (Wildman–Crippen MR) is 79.5 cm³/mol. The number of hydrogen-bond acceptors (Lipinski definition) is 3. The van der Waals surface area contributed by atoms with Crippen molar-refractivity contribution in [2.45, 2.75) is 52.1 Å². The fourth-order valence-electron chi connectivity index (χ4n) is 1.83. The van der Waals surface area contributed by atoms with Crippen LogP contribution in [0.3, 0.4) is 0 Å². The lowest BCUT2D eigenvalue weighted by Crippen LogP contribution is -2.26. The molecule has 0 saturated carbocycles.